The van der Waals surface area contributed by atoms with Crippen molar-refractivity contribution in [2.24, 2.45) is 11.5 Å². The van der Waals surface area contributed by atoms with Crippen molar-refractivity contribution in [2.75, 3.05) is 37.9 Å². The lowest BCUT2D eigenvalue weighted by atomic mass is 9.99. The molecular weight excluding hydrogens is 480 g/mol. The summed E-state index contributed by atoms with van der Waals surface area (Å²) >= 11 is 0. The number of carbonyl (C=O) groups is 1. The maximum Gasteiger partial charge on any atom is 0.273 e. The molecule has 10 heteroatoms. The maximum atomic E-state index is 12.2. The molecule has 2 heterocycles. The van der Waals surface area contributed by atoms with Crippen LogP contribution in [0.4, 0.5) is 17.5 Å². The van der Waals surface area contributed by atoms with Crippen LogP contribution in [0.15, 0.2) is 42.5 Å². The van der Waals surface area contributed by atoms with Crippen LogP contribution >= 0.6 is 0 Å². The van der Waals surface area contributed by atoms with E-state index < -0.39 is 5.91 Å². The Labute approximate surface area is 222 Å². The van der Waals surface area contributed by atoms with Gasteiger partial charge in [0, 0.05) is 44.7 Å². The minimum Gasteiger partial charge on any atom is -0.383 e. The third-order valence-corrected chi connectivity index (χ3v) is 6.23. The number of nitrogens with two attached hydrogens (primary N) is 2. The molecule has 1 aromatic heterocycles. The normalized spacial score (nSPS) is 18.3. The molecule has 1 fully saturated rings. The van der Waals surface area contributed by atoms with Crippen molar-refractivity contribution < 1.29 is 9.53 Å². The highest BCUT2D eigenvalue weighted by Crippen LogP contribution is 2.22. The predicted molar refractivity (Wildman–Crippen MR) is 151 cm³/mol. The van der Waals surface area contributed by atoms with E-state index in [1.807, 2.05) is 43.3 Å². The first-order valence-corrected chi connectivity index (χ1v) is 12.8. The lowest BCUT2D eigenvalue weighted by Crippen LogP contribution is -2.48. The molecular formula is C28H36N8O2. The van der Waals surface area contributed by atoms with E-state index >= 15 is 0 Å². The zero-order chi connectivity index (χ0) is 27.1. The number of hydrogen-bond donors (Lipinski definition) is 4. The van der Waals surface area contributed by atoms with Gasteiger partial charge < -0.3 is 31.7 Å². The summed E-state index contributed by atoms with van der Waals surface area (Å²) in [5.41, 5.74) is 14.6. The van der Waals surface area contributed by atoms with E-state index in [0.29, 0.717) is 19.6 Å². The fourth-order valence-corrected chi connectivity index (χ4v) is 4.39. The standard InChI is InChI=1S/C28H36N8O2/c1-4-5-11-21-19(16-36(2)3)14-20(15-22(21)18-9-7-6-8-10-18)31-27-25(26(30)37)34-35-28(33-27)32-24-12-13-38-17-23(24)29/h6-11,14-16,23-24H,4-5,12-13,17,29H2,1-3H3,(H2,30,37)(H2,31,32,33,35)/b19-16-,21-11-/t23-,24+/m0/s1. The second-order valence-corrected chi connectivity index (χ2v) is 9.58. The number of unbranched alkanes of at least 4 members (excludes halogenated alkanes) is 1. The Morgan fingerprint density at radius 3 is 2.68 bits per heavy atom. The van der Waals surface area contributed by atoms with E-state index in [4.69, 9.17) is 16.2 Å². The van der Waals surface area contributed by atoms with Crippen molar-refractivity contribution >= 4 is 35.6 Å². The lowest BCUT2D eigenvalue weighted by molar-refractivity contribution is 0.0751. The molecule has 1 amide bonds. The number of aromatic nitrogens is 3. The van der Waals surface area contributed by atoms with E-state index in [0.717, 1.165) is 40.1 Å². The quantitative estimate of drug-likeness (QED) is 0.334. The number of rotatable bonds is 9. The van der Waals surface area contributed by atoms with Gasteiger partial charge in [0.1, 0.15) is 0 Å². The van der Waals surface area contributed by atoms with Crippen LogP contribution in [-0.4, -0.2) is 65.4 Å². The molecule has 3 aromatic rings. The van der Waals surface area contributed by atoms with Crippen molar-refractivity contribution in [3.63, 3.8) is 0 Å². The fraction of sp³-hybridized carbons (Fsp3) is 0.357. The largest absolute Gasteiger partial charge is 0.383 e. The smallest absolute Gasteiger partial charge is 0.273 e. The number of hydrogen-bond acceptors (Lipinski definition) is 9. The average molecular weight is 517 g/mol. The van der Waals surface area contributed by atoms with E-state index in [-0.39, 0.29) is 29.5 Å². The number of anilines is 3. The van der Waals surface area contributed by atoms with Gasteiger partial charge in [-0.05, 0) is 46.5 Å². The molecule has 1 aliphatic rings. The van der Waals surface area contributed by atoms with Crippen LogP contribution in [0.3, 0.4) is 0 Å². The Morgan fingerprint density at radius 1 is 1.21 bits per heavy atom. The first-order chi connectivity index (χ1) is 18.4. The summed E-state index contributed by atoms with van der Waals surface area (Å²) in [4.78, 5) is 18.8. The van der Waals surface area contributed by atoms with Crippen LogP contribution in [0.5, 0.6) is 0 Å². The Bertz CT molecular complexity index is 1380. The zero-order valence-electron chi connectivity index (χ0n) is 22.1. The molecule has 1 saturated heterocycles. The number of nitrogens with one attached hydrogen (secondary N) is 2. The predicted octanol–water partition coefficient (Wildman–Crippen LogP) is 1.79. The van der Waals surface area contributed by atoms with Gasteiger partial charge in [-0.2, -0.15) is 4.98 Å². The maximum absolute atomic E-state index is 12.2. The first-order valence-electron chi connectivity index (χ1n) is 12.8. The molecule has 0 aliphatic carbocycles. The molecule has 2 atom stereocenters. The number of nitrogens with zero attached hydrogens (tertiary/aromatic N) is 4. The highest BCUT2D eigenvalue weighted by Gasteiger charge is 2.24. The van der Waals surface area contributed by atoms with Crippen molar-refractivity contribution in [1.29, 1.82) is 0 Å². The van der Waals surface area contributed by atoms with Crippen LogP contribution in [0.25, 0.3) is 23.4 Å². The third kappa shape index (κ3) is 6.64. The average Bonchev–Trinajstić information content (AvgIpc) is 2.89. The molecule has 0 radical (unpaired) electrons. The van der Waals surface area contributed by atoms with Gasteiger partial charge in [-0.15, -0.1) is 10.2 Å². The molecule has 38 heavy (non-hydrogen) atoms. The highest BCUT2D eigenvalue weighted by molar-refractivity contribution is 5.96. The van der Waals surface area contributed by atoms with E-state index in [9.17, 15) is 4.79 Å². The van der Waals surface area contributed by atoms with E-state index in [1.54, 1.807) is 0 Å². The second kappa shape index (κ2) is 12.5. The molecule has 0 bridgehead atoms. The third-order valence-electron chi connectivity index (χ3n) is 6.23. The molecule has 0 spiro atoms. The van der Waals surface area contributed by atoms with Gasteiger partial charge in [0.2, 0.25) is 5.95 Å². The lowest BCUT2D eigenvalue weighted by Gasteiger charge is -2.29. The Kier molecular flexibility index (Phi) is 8.88. The first kappa shape index (κ1) is 27.0. The topological polar surface area (TPSA) is 144 Å². The summed E-state index contributed by atoms with van der Waals surface area (Å²) in [7, 11) is 3.98. The van der Waals surface area contributed by atoms with Gasteiger partial charge in [0.15, 0.2) is 11.5 Å². The number of primary amides is 1. The SMILES string of the molecule is CCC/C=c1\c(-c2ccccc2)cc(Nc2nc(N[C@@H]3CCOC[C@@H]3N)nnc2C(N)=O)c\c1=C\N(C)C. The summed E-state index contributed by atoms with van der Waals surface area (Å²) < 4.78 is 5.42. The van der Waals surface area contributed by atoms with E-state index in [2.05, 4.69) is 63.2 Å². The summed E-state index contributed by atoms with van der Waals surface area (Å²) in [5, 5.41) is 16.8. The summed E-state index contributed by atoms with van der Waals surface area (Å²) in [6, 6.07) is 14.0. The molecule has 0 saturated carbocycles. The van der Waals surface area contributed by atoms with Crippen LogP contribution in [0.1, 0.15) is 36.7 Å². The van der Waals surface area contributed by atoms with Crippen molar-refractivity contribution in [3.05, 3.63) is 58.6 Å². The van der Waals surface area contributed by atoms with Gasteiger partial charge in [-0.3, -0.25) is 4.79 Å². The van der Waals surface area contributed by atoms with Gasteiger partial charge >= 0.3 is 0 Å². The van der Waals surface area contributed by atoms with Gasteiger partial charge in [0.05, 0.1) is 6.61 Å². The molecule has 6 N–H and O–H groups in total. The summed E-state index contributed by atoms with van der Waals surface area (Å²) in [6.45, 7) is 3.21. The minimum absolute atomic E-state index is 0.0483. The van der Waals surface area contributed by atoms with Gasteiger partial charge in [-0.25, -0.2) is 0 Å². The Hall–Kier alpha value is -4.02. The number of amides is 1. The van der Waals surface area contributed by atoms with Crippen molar-refractivity contribution in [1.82, 2.24) is 20.1 Å². The van der Waals surface area contributed by atoms with Crippen LogP contribution < -0.4 is 32.5 Å². The molecule has 4 rings (SSSR count). The minimum atomic E-state index is -0.724. The molecule has 1 aliphatic heterocycles. The number of ether oxygens (including phenoxy) is 1. The number of carbonyl (C=O) groups excluding carboxylic acids is 1. The molecule has 10 nitrogen and oxygen atoms in total. The van der Waals surface area contributed by atoms with Crippen molar-refractivity contribution in [3.8, 4) is 11.1 Å². The van der Waals surface area contributed by atoms with Gasteiger partial charge in [-0.1, -0.05) is 49.8 Å². The molecule has 200 valence electrons. The summed E-state index contributed by atoms with van der Waals surface area (Å²) in [5.74, 6) is -0.245. The van der Waals surface area contributed by atoms with Crippen LogP contribution in [-0.2, 0) is 4.74 Å². The summed E-state index contributed by atoms with van der Waals surface area (Å²) in [6.07, 6.45) is 7.04. The monoisotopic (exact) mass is 516 g/mol. The zero-order valence-corrected chi connectivity index (χ0v) is 22.1. The fourth-order valence-electron chi connectivity index (χ4n) is 4.39. The molecule has 0 unspecified atom stereocenters. The van der Waals surface area contributed by atoms with Crippen LogP contribution in [0, 0.1) is 0 Å². The second-order valence-electron chi connectivity index (χ2n) is 9.58. The highest BCUT2D eigenvalue weighted by atomic mass is 16.5. The van der Waals surface area contributed by atoms with E-state index in [1.165, 1.54) is 0 Å². The number of benzene rings is 2. The Morgan fingerprint density at radius 2 is 2.00 bits per heavy atom. The molecule has 2 aromatic carbocycles. The van der Waals surface area contributed by atoms with Crippen molar-refractivity contribution in [2.45, 2.75) is 38.3 Å². The van der Waals surface area contributed by atoms with Gasteiger partial charge in [0.25, 0.3) is 5.91 Å². The van der Waals surface area contributed by atoms with Crippen LogP contribution in [0.2, 0.25) is 0 Å². The Balaban J connectivity index is 1.81.